The molecule has 0 spiro atoms. The van der Waals surface area contributed by atoms with Crippen LogP contribution in [0, 0.1) is 0 Å². The quantitative estimate of drug-likeness (QED) is 0.765. The van der Waals surface area contributed by atoms with Crippen LogP contribution in [0.15, 0.2) is 48.5 Å². The van der Waals surface area contributed by atoms with Gasteiger partial charge in [-0.05, 0) is 41.3 Å². The number of benzene rings is 2. The van der Waals surface area contributed by atoms with Crippen molar-refractivity contribution < 1.29 is 4.74 Å². The minimum atomic E-state index is 0.479. The largest absolute Gasteiger partial charge is 0.487 e. The Morgan fingerprint density at radius 2 is 2.00 bits per heavy atom. The second-order valence-electron chi connectivity index (χ2n) is 4.67. The molecule has 0 saturated carbocycles. The molecule has 0 aliphatic heterocycles. The Morgan fingerprint density at radius 1 is 1.10 bits per heavy atom. The van der Waals surface area contributed by atoms with Gasteiger partial charge in [-0.15, -0.1) is 0 Å². The van der Waals surface area contributed by atoms with Crippen molar-refractivity contribution in [3.8, 4) is 5.75 Å². The normalized spacial score (nSPS) is 10.9. The van der Waals surface area contributed by atoms with Gasteiger partial charge < -0.3 is 15.5 Å². The van der Waals surface area contributed by atoms with Gasteiger partial charge in [0.05, 0.1) is 5.69 Å². The van der Waals surface area contributed by atoms with Crippen molar-refractivity contribution >= 4 is 22.5 Å². The van der Waals surface area contributed by atoms with E-state index in [0.29, 0.717) is 18.2 Å². The van der Waals surface area contributed by atoms with Crippen LogP contribution in [0.1, 0.15) is 11.3 Å². The molecule has 102 valence electrons. The van der Waals surface area contributed by atoms with Gasteiger partial charge >= 0.3 is 0 Å². The van der Waals surface area contributed by atoms with Crippen LogP contribution in [0.25, 0.3) is 10.9 Å². The predicted octanol–water partition coefficient (Wildman–Crippen LogP) is 3.86. The van der Waals surface area contributed by atoms with E-state index in [1.165, 1.54) is 0 Å². The topological polar surface area (TPSA) is 51.0 Å². The van der Waals surface area contributed by atoms with Gasteiger partial charge in [0.15, 0.2) is 0 Å². The molecule has 1 aromatic heterocycles. The molecule has 1 heterocycles. The average molecular weight is 287 g/mol. The third-order valence-electron chi connectivity index (χ3n) is 3.17. The van der Waals surface area contributed by atoms with Crippen molar-refractivity contribution in [2.45, 2.75) is 13.2 Å². The third kappa shape index (κ3) is 2.79. The minimum Gasteiger partial charge on any atom is -0.487 e. The maximum atomic E-state index is 5.92. The monoisotopic (exact) mass is 286 g/mol. The lowest BCUT2D eigenvalue weighted by Crippen LogP contribution is -1.95. The molecule has 3 aromatic rings. The minimum absolute atomic E-state index is 0.479. The van der Waals surface area contributed by atoms with Gasteiger partial charge in [-0.25, -0.2) is 0 Å². The zero-order valence-corrected chi connectivity index (χ0v) is 11.7. The first kappa shape index (κ1) is 13.0. The Hall–Kier alpha value is -1.97. The summed E-state index contributed by atoms with van der Waals surface area (Å²) in [5.41, 5.74) is 8.86. The van der Waals surface area contributed by atoms with E-state index in [9.17, 15) is 0 Å². The fourth-order valence-corrected chi connectivity index (χ4v) is 2.34. The fourth-order valence-electron chi connectivity index (χ4n) is 2.16. The summed E-state index contributed by atoms with van der Waals surface area (Å²) >= 11 is 5.92. The molecule has 0 saturated heterocycles. The fraction of sp³-hybridized carbons (Fsp3) is 0.125. The van der Waals surface area contributed by atoms with Gasteiger partial charge in [-0.3, -0.25) is 0 Å². The first-order chi connectivity index (χ1) is 9.74. The highest BCUT2D eigenvalue weighted by molar-refractivity contribution is 6.30. The molecule has 0 aliphatic rings. The summed E-state index contributed by atoms with van der Waals surface area (Å²) in [5.74, 6) is 0.763. The molecule has 3 N–H and O–H groups in total. The van der Waals surface area contributed by atoms with E-state index in [1.54, 1.807) is 6.07 Å². The van der Waals surface area contributed by atoms with Crippen molar-refractivity contribution in [3.63, 3.8) is 0 Å². The summed E-state index contributed by atoms with van der Waals surface area (Å²) in [7, 11) is 0. The standard InChI is InChI=1S/C16H15ClN2O/c17-13-2-1-3-15(8-13)20-10-14-7-12-5-4-11(9-18)6-16(12)19-14/h1-8,19H,9-10,18H2. The van der Waals surface area contributed by atoms with Crippen LogP contribution >= 0.6 is 11.6 Å². The van der Waals surface area contributed by atoms with E-state index in [-0.39, 0.29) is 0 Å². The second kappa shape index (κ2) is 5.57. The lowest BCUT2D eigenvalue weighted by molar-refractivity contribution is 0.302. The molecule has 0 aliphatic carbocycles. The Bertz CT molecular complexity index is 736. The van der Waals surface area contributed by atoms with E-state index >= 15 is 0 Å². The predicted molar refractivity (Wildman–Crippen MR) is 82.0 cm³/mol. The van der Waals surface area contributed by atoms with Crippen molar-refractivity contribution in [3.05, 3.63) is 64.8 Å². The van der Waals surface area contributed by atoms with Crippen LogP contribution in [0.5, 0.6) is 5.75 Å². The van der Waals surface area contributed by atoms with Gasteiger partial charge in [0, 0.05) is 17.1 Å². The van der Waals surface area contributed by atoms with E-state index in [4.69, 9.17) is 22.1 Å². The van der Waals surface area contributed by atoms with Crippen LogP contribution in [0.4, 0.5) is 0 Å². The molecule has 0 atom stereocenters. The number of nitrogens with one attached hydrogen (secondary N) is 1. The number of aromatic nitrogens is 1. The number of nitrogens with two attached hydrogens (primary N) is 1. The number of hydrogen-bond donors (Lipinski definition) is 2. The SMILES string of the molecule is NCc1ccc2cc(COc3cccc(Cl)c3)[nH]c2c1. The summed E-state index contributed by atoms with van der Waals surface area (Å²) in [6.07, 6.45) is 0. The Labute approximate surface area is 122 Å². The second-order valence-corrected chi connectivity index (χ2v) is 5.10. The lowest BCUT2D eigenvalue weighted by Gasteiger charge is -2.04. The first-order valence-electron chi connectivity index (χ1n) is 6.43. The molecule has 3 rings (SSSR count). The molecular formula is C16H15ClN2O. The Morgan fingerprint density at radius 3 is 2.80 bits per heavy atom. The number of aromatic amines is 1. The van der Waals surface area contributed by atoms with Crippen molar-refractivity contribution in [1.82, 2.24) is 4.98 Å². The summed E-state index contributed by atoms with van der Waals surface area (Å²) in [4.78, 5) is 3.34. The van der Waals surface area contributed by atoms with Gasteiger partial charge in [0.1, 0.15) is 12.4 Å². The summed E-state index contributed by atoms with van der Waals surface area (Å²) in [5, 5.41) is 1.83. The molecule has 0 radical (unpaired) electrons. The lowest BCUT2D eigenvalue weighted by atomic mass is 10.2. The molecule has 0 fully saturated rings. The smallest absolute Gasteiger partial charge is 0.128 e. The number of H-pyrrole nitrogens is 1. The zero-order chi connectivity index (χ0) is 13.9. The average Bonchev–Trinajstić information content (AvgIpc) is 2.87. The molecule has 4 heteroatoms. The summed E-state index contributed by atoms with van der Waals surface area (Å²) in [6.45, 7) is 1.02. The van der Waals surface area contributed by atoms with Crippen LogP contribution < -0.4 is 10.5 Å². The molecule has 0 amide bonds. The van der Waals surface area contributed by atoms with Crippen LogP contribution in [0.2, 0.25) is 5.02 Å². The molecule has 20 heavy (non-hydrogen) atoms. The van der Waals surface area contributed by atoms with Crippen LogP contribution in [0.3, 0.4) is 0 Å². The molecule has 0 bridgehead atoms. The Kier molecular flexibility index (Phi) is 3.63. The Balaban J connectivity index is 1.77. The molecular weight excluding hydrogens is 272 g/mol. The van der Waals surface area contributed by atoms with Gasteiger partial charge in [-0.1, -0.05) is 29.8 Å². The van der Waals surface area contributed by atoms with E-state index < -0.39 is 0 Å². The van der Waals surface area contributed by atoms with E-state index in [0.717, 1.165) is 27.9 Å². The van der Waals surface area contributed by atoms with Gasteiger partial charge in [0.25, 0.3) is 0 Å². The summed E-state index contributed by atoms with van der Waals surface area (Å²) in [6, 6.07) is 15.6. The number of rotatable bonds is 4. The van der Waals surface area contributed by atoms with E-state index in [2.05, 4.69) is 23.2 Å². The zero-order valence-electron chi connectivity index (χ0n) is 10.9. The van der Waals surface area contributed by atoms with E-state index in [1.807, 2.05) is 24.3 Å². The highest BCUT2D eigenvalue weighted by Gasteiger charge is 2.03. The van der Waals surface area contributed by atoms with Gasteiger partial charge in [0.2, 0.25) is 0 Å². The molecule has 0 unspecified atom stereocenters. The van der Waals surface area contributed by atoms with Crippen molar-refractivity contribution in [1.29, 1.82) is 0 Å². The van der Waals surface area contributed by atoms with Crippen LogP contribution in [-0.2, 0) is 13.2 Å². The van der Waals surface area contributed by atoms with Crippen molar-refractivity contribution in [2.24, 2.45) is 5.73 Å². The molecule has 2 aromatic carbocycles. The maximum absolute atomic E-state index is 5.92. The number of halogens is 1. The molecule has 3 nitrogen and oxygen atoms in total. The van der Waals surface area contributed by atoms with Crippen molar-refractivity contribution in [2.75, 3.05) is 0 Å². The first-order valence-corrected chi connectivity index (χ1v) is 6.81. The van der Waals surface area contributed by atoms with Gasteiger partial charge in [-0.2, -0.15) is 0 Å². The number of fused-ring (bicyclic) bond motifs is 1. The number of ether oxygens (including phenoxy) is 1. The highest BCUT2D eigenvalue weighted by Crippen LogP contribution is 2.20. The third-order valence-corrected chi connectivity index (χ3v) is 3.40. The van der Waals surface area contributed by atoms with Crippen LogP contribution in [-0.4, -0.2) is 4.98 Å². The highest BCUT2D eigenvalue weighted by atomic mass is 35.5. The summed E-state index contributed by atoms with van der Waals surface area (Å²) < 4.78 is 5.72. The number of hydrogen-bond acceptors (Lipinski definition) is 2. The maximum Gasteiger partial charge on any atom is 0.128 e.